The van der Waals surface area contributed by atoms with Crippen LogP contribution in [0.2, 0.25) is 0 Å². The lowest BCUT2D eigenvalue weighted by atomic mass is 9.95. The average molecular weight is 571 g/mol. The van der Waals surface area contributed by atoms with Gasteiger partial charge in [-0.15, -0.1) is 11.3 Å². The van der Waals surface area contributed by atoms with Crippen molar-refractivity contribution >= 4 is 27.1 Å². The molecular weight excluding hydrogens is 539 g/mol. The summed E-state index contributed by atoms with van der Waals surface area (Å²) in [5.41, 5.74) is 1.98. The van der Waals surface area contributed by atoms with E-state index in [1.54, 1.807) is 42.1 Å². The third kappa shape index (κ3) is 5.40. The zero-order valence-electron chi connectivity index (χ0n) is 22.3. The van der Waals surface area contributed by atoms with Crippen molar-refractivity contribution in [3.8, 4) is 17.1 Å². The van der Waals surface area contributed by atoms with E-state index in [0.717, 1.165) is 5.01 Å². The van der Waals surface area contributed by atoms with Gasteiger partial charge in [0.2, 0.25) is 5.95 Å². The van der Waals surface area contributed by atoms with Crippen LogP contribution < -0.4 is 11.0 Å². The Bertz CT molecular complexity index is 1650. The van der Waals surface area contributed by atoms with Crippen molar-refractivity contribution in [1.29, 1.82) is 0 Å². The lowest BCUT2D eigenvalue weighted by Crippen LogP contribution is -2.33. The number of aromatic nitrogens is 5. The molecule has 5 rings (SSSR count). The topological polar surface area (TPSA) is 112 Å². The number of halogens is 1. The highest BCUT2D eigenvalue weighted by Crippen LogP contribution is 2.34. The Morgan fingerprint density at radius 1 is 1.05 bits per heavy atom. The molecule has 4 aromatic rings. The van der Waals surface area contributed by atoms with E-state index < -0.39 is 15.1 Å². The first-order valence-corrected chi connectivity index (χ1v) is 15.3. The van der Waals surface area contributed by atoms with Crippen molar-refractivity contribution in [3.05, 3.63) is 69.7 Å². The lowest BCUT2D eigenvalue weighted by molar-refractivity contribution is 0.450. The Kier molecular flexibility index (Phi) is 7.43. The number of imidazole rings is 1. The van der Waals surface area contributed by atoms with Gasteiger partial charge in [-0.2, -0.15) is 0 Å². The highest BCUT2D eigenvalue weighted by Gasteiger charge is 2.34. The maximum Gasteiger partial charge on any atom is 0.333 e. The van der Waals surface area contributed by atoms with Crippen molar-refractivity contribution < 1.29 is 12.8 Å². The Morgan fingerprint density at radius 2 is 1.74 bits per heavy atom. The molecule has 0 saturated heterocycles. The number of rotatable bonds is 7. The summed E-state index contributed by atoms with van der Waals surface area (Å²) in [5, 5.41) is 3.69. The summed E-state index contributed by atoms with van der Waals surface area (Å²) in [5.74, 6) is 0.0214. The molecule has 0 bridgehead atoms. The van der Waals surface area contributed by atoms with E-state index in [1.165, 1.54) is 28.0 Å². The molecular formula is C27H31FN6O3S2. The average Bonchev–Trinajstić information content (AvgIpc) is 3.44. The van der Waals surface area contributed by atoms with Crippen LogP contribution in [0.3, 0.4) is 0 Å². The predicted octanol–water partition coefficient (Wildman–Crippen LogP) is 5.09. The van der Waals surface area contributed by atoms with E-state index in [-0.39, 0.29) is 23.6 Å². The maximum atomic E-state index is 13.6. The molecule has 39 heavy (non-hydrogen) atoms. The number of nitrogens with one attached hydrogen (secondary N) is 1. The normalized spacial score (nSPS) is 18.0. The molecule has 0 atom stereocenters. The summed E-state index contributed by atoms with van der Waals surface area (Å²) in [7, 11) is -3.41. The maximum absolute atomic E-state index is 13.6. The Hall–Kier alpha value is -3.38. The quantitative estimate of drug-likeness (QED) is 0.330. The van der Waals surface area contributed by atoms with Crippen molar-refractivity contribution in [1.82, 2.24) is 24.1 Å². The molecule has 0 unspecified atom stereocenters. The van der Waals surface area contributed by atoms with Crippen molar-refractivity contribution in [2.24, 2.45) is 0 Å². The summed E-state index contributed by atoms with van der Waals surface area (Å²) in [6.07, 6.45) is 5.79. The fraction of sp³-hybridized carbons (Fsp3) is 0.407. The van der Waals surface area contributed by atoms with Gasteiger partial charge in [0, 0.05) is 24.5 Å². The standard InChI is InChI=1S/C27H31FN6O3S2/c1-16(2)33-15-24(34(27(33)35)21-9-5-19(28)6-10-21)23-13-14-29-26(32-23)31-20-7-11-22(12-8-20)39(36,37)25-17(3)30-18(4)38-25/h5-6,9-10,13-16,20,22H,7-8,11-12H2,1-4H3,(H,29,31,32). The second-order valence-corrected chi connectivity index (χ2v) is 13.8. The molecule has 1 N–H and O–H groups in total. The summed E-state index contributed by atoms with van der Waals surface area (Å²) in [4.78, 5) is 26.6. The van der Waals surface area contributed by atoms with E-state index in [1.807, 2.05) is 20.8 Å². The molecule has 206 valence electrons. The van der Waals surface area contributed by atoms with Gasteiger partial charge in [0.25, 0.3) is 0 Å². The van der Waals surface area contributed by atoms with E-state index in [2.05, 4.69) is 15.3 Å². The van der Waals surface area contributed by atoms with Crippen LogP contribution in [-0.4, -0.2) is 43.8 Å². The van der Waals surface area contributed by atoms with Gasteiger partial charge in [-0.3, -0.25) is 9.13 Å². The molecule has 0 aliphatic heterocycles. The molecule has 9 nitrogen and oxygen atoms in total. The SMILES string of the molecule is Cc1nc(C)c(S(=O)(=O)C2CCC(Nc3nccc(-c4cn(C(C)C)c(=O)n4-c4ccc(F)cc4)n3)CC2)s1. The van der Waals surface area contributed by atoms with Gasteiger partial charge < -0.3 is 5.32 Å². The Labute approximate surface area is 230 Å². The predicted molar refractivity (Wildman–Crippen MR) is 150 cm³/mol. The molecule has 0 radical (unpaired) electrons. The summed E-state index contributed by atoms with van der Waals surface area (Å²) >= 11 is 1.24. The van der Waals surface area contributed by atoms with Gasteiger partial charge in [0.1, 0.15) is 10.0 Å². The summed E-state index contributed by atoms with van der Waals surface area (Å²) in [6.45, 7) is 7.41. The third-order valence-corrected chi connectivity index (χ3v) is 11.0. The fourth-order valence-corrected chi connectivity index (χ4v) is 8.58. The lowest BCUT2D eigenvalue weighted by Gasteiger charge is -2.28. The largest absolute Gasteiger partial charge is 0.351 e. The van der Waals surface area contributed by atoms with Gasteiger partial charge in [0.15, 0.2) is 9.84 Å². The molecule has 1 aromatic carbocycles. The number of nitrogens with zero attached hydrogens (tertiary/aromatic N) is 5. The van der Waals surface area contributed by atoms with Crippen LogP contribution in [0.4, 0.5) is 10.3 Å². The van der Waals surface area contributed by atoms with Gasteiger partial charge >= 0.3 is 5.69 Å². The van der Waals surface area contributed by atoms with E-state index in [9.17, 15) is 17.6 Å². The number of anilines is 1. The molecule has 12 heteroatoms. The number of sulfone groups is 1. The Balaban J connectivity index is 1.36. The first-order chi connectivity index (χ1) is 18.5. The fourth-order valence-electron chi connectivity index (χ4n) is 5.05. The number of hydrogen-bond acceptors (Lipinski definition) is 8. The van der Waals surface area contributed by atoms with Crippen molar-refractivity contribution in [2.45, 2.75) is 74.9 Å². The minimum atomic E-state index is -3.41. The monoisotopic (exact) mass is 570 g/mol. The molecule has 3 aromatic heterocycles. The van der Waals surface area contributed by atoms with E-state index in [4.69, 9.17) is 4.98 Å². The van der Waals surface area contributed by atoms with Crippen LogP contribution in [0, 0.1) is 19.7 Å². The second kappa shape index (κ2) is 10.6. The zero-order valence-corrected chi connectivity index (χ0v) is 23.9. The minimum absolute atomic E-state index is 0.0237. The number of thiazole rings is 1. The van der Waals surface area contributed by atoms with Crippen LogP contribution in [0.25, 0.3) is 17.1 Å². The van der Waals surface area contributed by atoms with Crippen LogP contribution in [-0.2, 0) is 9.84 Å². The minimum Gasteiger partial charge on any atom is -0.351 e. The van der Waals surface area contributed by atoms with Crippen LogP contribution in [0.15, 0.2) is 51.7 Å². The number of benzene rings is 1. The number of hydrogen-bond donors (Lipinski definition) is 1. The summed E-state index contributed by atoms with van der Waals surface area (Å²) in [6, 6.07) is 7.43. The Morgan fingerprint density at radius 3 is 2.36 bits per heavy atom. The summed E-state index contributed by atoms with van der Waals surface area (Å²) < 4.78 is 43.5. The van der Waals surface area contributed by atoms with Crippen molar-refractivity contribution in [2.75, 3.05) is 5.32 Å². The van der Waals surface area contributed by atoms with E-state index >= 15 is 0 Å². The second-order valence-electron chi connectivity index (χ2n) is 10.1. The van der Waals surface area contributed by atoms with Gasteiger partial charge in [0.05, 0.1) is 33.0 Å². The third-order valence-electron chi connectivity index (χ3n) is 7.04. The highest BCUT2D eigenvalue weighted by molar-refractivity contribution is 7.94. The first-order valence-electron chi connectivity index (χ1n) is 12.9. The zero-order chi connectivity index (χ0) is 27.9. The number of aryl methyl sites for hydroxylation is 2. The van der Waals surface area contributed by atoms with Gasteiger partial charge in [-0.1, -0.05) is 0 Å². The smallest absolute Gasteiger partial charge is 0.333 e. The van der Waals surface area contributed by atoms with Crippen LogP contribution in [0.1, 0.15) is 56.3 Å². The van der Waals surface area contributed by atoms with E-state index in [0.29, 0.717) is 58.6 Å². The van der Waals surface area contributed by atoms with Crippen molar-refractivity contribution in [3.63, 3.8) is 0 Å². The van der Waals surface area contributed by atoms with Crippen LogP contribution >= 0.6 is 11.3 Å². The molecule has 0 amide bonds. The molecule has 3 heterocycles. The molecule has 1 aliphatic carbocycles. The van der Waals surface area contributed by atoms with Gasteiger partial charge in [-0.25, -0.2) is 32.6 Å². The van der Waals surface area contributed by atoms with Crippen LogP contribution in [0.5, 0.6) is 0 Å². The van der Waals surface area contributed by atoms with Gasteiger partial charge in [-0.05, 0) is 83.7 Å². The molecule has 1 fully saturated rings. The highest BCUT2D eigenvalue weighted by atomic mass is 32.2. The molecule has 0 spiro atoms. The first kappa shape index (κ1) is 27.2. The molecule has 1 aliphatic rings. The molecule has 1 saturated carbocycles.